The van der Waals surface area contributed by atoms with Crippen molar-refractivity contribution in [1.82, 2.24) is 10.2 Å². The fourth-order valence-corrected chi connectivity index (χ4v) is 3.39. The van der Waals surface area contributed by atoms with Gasteiger partial charge in [-0.2, -0.15) is 5.10 Å². The first-order valence-corrected chi connectivity index (χ1v) is 9.07. The Labute approximate surface area is 145 Å². The maximum Gasteiger partial charge on any atom is 0.225 e. The van der Waals surface area contributed by atoms with Crippen LogP contribution in [0.3, 0.4) is 0 Å². The van der Waals surface area contributed by atoms with Crippen molar-refractivity contribution in [3.63, 3.8) is 0 Å². The number of sulfone groups is 1. The number of nitrogens with zero attached hydrogens (tertiary/aromatic N) is 1. The third-order valence-corrected chi connectivity index (χ3v) is 5.50. The van der Waals surface area contributed by atoms with Gasteiger partial charge in [0.1, 0.15) is 10.7 Å². The van der Waals surface area contributed by atoms with E-state index in [0.29, 0.717) is 11.4 Å². The number of benzene rings is 1. The number of aromatic nitrogens is 2. The Hall–Kier alpha value is -1.90. The second-order valence-electron chi connectivity index (χ2n) is 5.20. The maximum absolute atomic E-state index is 12.6. The molecule has 0 aliphatic carbocycles. The van der Waals surface area contributed by atoms with E-state index in [1.54, 1.807) is 7.11 Å². The van der Waals surface area contributed by atoms with Gasteiger partial charge in [-0.3, -0.25) is 9.89 Å². The highest BCUT2D eigenvalue weighted by molar-refractivity contribution is 7.91. The van der Waals surface area contributed by atoms with Crippen molar-refractivity contribution >= 4 is 33.2 Å². The van der Waals surface area contributed by atoms with Gasteiger partial charge in [0, 0.05) is 18.6 Å². The van der Waals surface area contributed by atoms with E-state index in [9.17, 15) is 13.2 Å². The molecular weight excluding hydrogens is 354 g/mol. The number of methoxy groups -OCH3 is 1. The number of carbonyl (C=O) groups is 1. The predicted octanol–water partition coefficient (Wildman–Crippen LogP) is 2.65. The number of rotatable bonds is 7. The van der Waals surface area contributed by atoms with Crippen LogP contribution in [0.5, 0.6) is 0 Å². The van der Waals surface area contributed by atoms with Gasteiger partial charge in [0.25, 0.3) is 0 Å². The number of hydrogen-bond donors (Lipinski definition) is 2. The normalized spacial score (nSPS) is 12.8. The smallest absolute Gasteiger partial charge is 0.225 e. The summed E-state index contributed by atoms with van der Waals surface area (Å²) in [7, 11) is -2.25. The number of H-pyrrole nitrogens is 1. The number of ether oxygens (including phenoxy) is 1. The molecule has 2 aromatic rings. The summed E-state index contributed by atoms with van der Waals surface area (Å²) in [5.41, 5.74) is 0. The zero-order valence-electron chi connectivity index (χ0n) is 13.2. The fourth-order valence-electron chi connectivity index (χ4n) is 1.96. The van der Waals surface area contributed by atoms with E-state index in [1.807, 2.05) is 6.92 Å². The Morgan fingerprint density at radius 1 is 1.38 bits per heavy atom. The van der Waals surface area contributed by atoms with Gasteiger partial charge in [-0.1, -0.05) is 11.6 Å². The third kappa shape index (κ3) is 4.34. The number of aromatic amines is 1. The van der Waals surface area contributed by atoms with Gasteiger partial charge in [-0.05, 0) is 37.6 Å². The molecule has 1 amide bonds. The molecular formula is C15H18ClN3O4S. The zero-order valence-corrected chi connectivity index (χ0v) is 14.8. The van der Waals surface area contributed by atoms with Crippen molar-refractivity contribution in [2.45, 2.75) is 35.7 Å². The Bertz CT molecular complexity index is 802. The molecule has 9 heteroatoms. The van der Waals surface area contributed by atoms with Crippen LogP contribution >= 0.6 is 11.6 Å². The first kappa shape index (κ1) is 18.4. The summed E-state index contributed by atoms with van der Waals surface area (Å²) in [5, 5.41) is 9.21. The molecule has 0 aliphatic heterocycles. The molecule has 0 bridgehead atoms. The Morgan fingerprint density at radius 2 is 2.04 bits per heavy atom. The minimum Gasteiger partial charge on any atom is -0.382 e. The van der Waals surface area contributed by atoms with Gasteiger partial charge >= 0.3 is 0 Å². The standard InChI is InChI=1S/C15H18ClN3O4S/c1-10(23-2)3-8-14(20)18-15-13(9-17-19-15)24(21,22)12-6-4-11(16)5-7-12/h4-7,9-10H,3,8H2,1-2H3,(H2,17,18,19,20). The van der Waals surface area contributed by atoms with Gasteiger partial charge in [0.2, 0.25) is 15.7 Å². The molecule has 0 aliphatic rings. The van der Waals surface area contributed by atoms with Crippen LogP contribution in [0.4, 0.5) is 5.82 Å². The van der Waals surface area contributed by atoms with Gasteiger partial charge in [-0.15, -0.1) is 0 Å². The number of hydrogen-bond acceptors (Lipinski definition) is 5. The van der Waals surface area contributed by atoms with Crippen LogP contribution < -0.4 is 5.32 Å². The number of amides is 1. The van der Waals surface area contributed by atoms with Crippen LogP contribution in [-0.4, -0.2) is 37.7 Å². The number of anilines is 1. The second-order valence-corrected chi connectivity index (χ2v) is 7.55. The van der Waals surface area contributed by atoms with Crippen molar-refractivity contribution in [2.24, 2.45) is 0 Å². The summed E-state index contributed by atoms with van der Waals surface area (Å²) >= 11 is 5.78. The summed E-state index contributed by atoms with van der Waals surface area (Å²) < 4.78 is 30.4. The van der Waals surface area contributed by atoms with Crippen molar-refractivity contribution in [1.29, 1.82) is 0 Å². The molecule has 2 N–H and O–H groups in total. The van der Waals surface area contributed by atoms with E-state index in [-0.39, 0.29) is 34.0 Å². The van der Waals surface area contributed by atoms with E-state index in [1.165, 1.54) is 24.3 Å². The second kappa shape index (κ2) is 7.78. The maximum atomic E-state index is 12.6. The van der Waals surface area contributed by atoms with E-state index in [4.69, 9.17) is 16.3 Å². The molecule has 24 heavy (non-hydrogen) atoms. The molecule has 1 aromatic heterocycles. The molecule has 0 saturated heterocycles. The van der Waals surface area contributed by atoms with Gasteiger partial charge in [0.15, 0.2) is 0 Å². The lowest BCUT2D eigenvalue weighted by Crippen LogP contribution is -2.17. The largest absolute Gasteiger partial charge is 0.382 e. The van der Waals surface area contributed by atoms with Gasteiger partial charge < -0.3 is 10.1 Å². The first-order valence-electron chi connectivity index (χ1n) is 7.21. The lowest BCUT2D eigenvalue weighted by Gasteiger charge is -2.10. The van der Waals surface area contributed by atoms with Crippen molar-refractivity contribution in [3.8, 4) is 0 Å². The monoisotopic (exact) mass is 371 g/mol. The molecule has 0 spiro atoms. The third-order valence-electron chi connectivity index (χ3n) is 3.46. The molecule has 2 rings (SSSR count). The predicted molar refractivity (Wildman–Crippen MR) is 89.8 cm³/mol. The fraction of sp³-hybridized carbons (Fsp3) is 0.333. The molecule has 7 nitrogen and oxygen atoms in total. The van der Waals surface area contributed by atoms with Crippen molar-refractivity contribution in [2.75, 3.05) is 12.4 Å². The first-order chi connectivity index (χ1) is 11.3. The summed E-state index contributed by atoms with van der Waals surface area (Å²) in [6.45, 7) is 1.85. The molecule has 0 saturated carbocycles. The van der Waals surface area contributed by atoms with Gasteiger partial charge in [-0.25, -0.2) is 8.42 Å². The minimum atomic E-state index is -3.82. The van der Waals surface area contributed by atoms with Crippen LogP contribution in [0, 0.1) is 0 Å². The number of carbonyl (C=O) groups excluding carboxylic acids is 1. The lowest BCUT2D eigenvalue weighted by atomic mass is 10.2. The molecule has 0 fully saturated rings. The van der Waals surface area contributed by atoms with Crippen LogP contribution in [0.25, 0.3) is 0 Å². The summed E-state index contributed by atoms with van der Waals surface area (Å²) in [4.78, 5) is 11.9. The Balaban J connectivity index is 2.17. The van der Waals surface area contributed by atoms with E-state index < -0.39 is 9.84 Å². The average Bonchev–Trinajstić information content (AvgIpc) is 3.01. The molecule has 1 unspecified atom stereocenters. The van der Waals surface area contributed by atoms with Crippen molar-refractivity contribution < 1.29 is 17.9 Å². The van der Waals surface area contributed by atoms with Crippen LogP contribution in [0.2, 0.25) is 5.02 Å². The summed E-state index contributed by atoms with van der Waals surface area (Å²) in [6.07, 6.45) is 1.83. The Morgan fingerprint density at radius 3 is 2.67 bits per heavy atom. The quantitative estimate of drug-likeness (QED) is 0.779. The van der Waals surface area contributed by atoms with Gasteiger partial charge in [0.05, 0.1) is 17.2 Å². The summed E-state index contributed by atoms with van der Waals surface area (Å²) in [5.74, 6) is -0.282. The van der Waals surface area contributed by atoms with E-state index in [2.05, 4.69) is 15.5 Å². The SMILES string of the molecule is COC(C)CCC(=O)Nc1[nH]ncc1S(=O)(=O)c1ccc(Cl)cc1. The van der Waals surface area contributed by atoms with Crippen LogP contribution in [-0.2, 0) is 19.4 Å². The lowest BCUT2D eigenvalue weighted by molar-refractivity contribution is -0.116. The molecule has 0 radical (unpaired) electrons. The van der Waals surface area contributed by atoms with Crippen molar-refractivity contribution in [3.05, 3.63) is 35.5 Å². The molecule has 1 aromatic carbocycles. The van der Waals surface area contributed by atoms with E-state index >= 15 is 0 Å². The van der Waals surface area contributed by atoms with E-state index in [0.717, 1.165) is 6.20 Å². The Kier molecular flexibility index (Phi) is 5.98. The minimum absolute atomic E-state index is 0.0417. The highest BCUT2D eigenvalue weighted by atomic mass is 35.5. The number of nitrogens with one attached hydrogen (secondary N) is 2. The molecule has 1 heterocycles. The highest BCUT2D eigenvalue weighted by Gasteiger charge is 2.24. The van der Waals surface area contributed by atoms with Crippen LogP contribution in [0.15, 0.2) is 40.3 Å². The zero-order chi connectivity index (χ0) is 17.7. The molecule has 1 atom stereocenters. The average molecular weight is 372 g/mol. The molecule has 130 valence electrons. The van der Waals surface area contributed by atoms with Crippen LogP contribution in [0.1, 0.15) is 19.8 Å². The highest BCUT2D eigenvalue weighted by Crippen LogP contribution is 2.26. The summed E-state index contributed by atoms with van der Waals surface area (Å²) in [6, 6.07) is 5.77. The topological polar surface area (TPSA) is 101 Å². The number of halogens is 1.